The molecule has 1 saturated heterocycles. The number of aliphatic hydroxyl groups is 1. The summed E-state index contributed by atoms with van der Waals surface area (Å²) in [6.07, 6.45) is 40.9. The van der Waals surface area contributed by atoms with Crippen molar-refractivity contribution in [3.63, 3.8) is 0 Å². The third kappa shape index (κ3) is 27.2. The van der Waals surface area contributed by atoms with E-state index in [-0.39, 0.29) is 31.6 Å². The smallest absolute Gasteiger partial charge is 0.306 e. The van der Waals surface area contributed by atoms with Gasteiger partial charge in [-0.1, -0.05) is 147 Å². The predicted molar refractivity (Wildman–Crippen MR) is 191 cm³/mol. The molecule has 0 spiro atoms. The Balaban J connectivity index is 1.93. The minimum atomic E-state index is -0.801. The minimum absolute atomic E-state index is 0.0890. The molecular weight excluding hydrogens is 576 g/mol. The summed E-state index contributed by atoms with van der Waals surface area (Å²) in [4.78, 5) is 24.2. The van der Waals surface area contributed by atoms with Gasteiger partial charge in [0, 0.05) is 12.8 Å². The number of aliphatic hydroxyl groups excluding tert-OH is 1. The lowest BCUT2D eigenvalue weighted by molar-refractivity contribution is -0.161. The van der Waals surface area contributed by atoms with E-state index in [4.69, 9.17) is 14.2 Å². The van der Waals surface area contributed by atoms with Crippen molar-refractivity contribution in [1.82, 2.24) is 0 Å². The average molecular weight is 647 g/mol. The molecule has 2 unspecified atom stereocenters. The highest BCUT2D eigenvalue weighted by molar-refractivity contribution is 5.70. The van der Waals surface area contributed by atoms with Gasteiger partial charge in [-0.05, 0) is 51.4 Å². The minimum Gasteiger partial charge on any atom is -0.462 e. The zero-order chi connectivity index (χ0) is 33.3. The van der Waals surface area contributed by atoms with Gasteiger partial charge >= 0.3 is 11.9 Å². The van der Waals surface area contributed by atoms with Gasteiger partial charge in [-0.15, -0.1) is 0 Å². The van der Waals surface area contributed by atoms with Gasteiger partial charge in [-0.2, -0.15) is 0 Å². The van der Waals surface area contributed by atoms with Crippen molar-refractivity contribution in [2.75, 3.05) is 13.2 Å². The Hall–Kier alpha value is -1.92. The van der Waals surface area contributed by atoms with Crippen LogP contribution in [-0.2, 0) is 23.8 Å². The van der Waals surface area contributed by atoms with Crippen LogP contribution >= 0.6 is 0 Å². The average Bonchev–Trinajstić information content (AvgIpc) is 3.81. The summed E-state index contributed by atoms with van der Waals surface area (Å²) in [6, 6.07) is 0. The van der Waals surface area contributed by atoms with Gasteiger partial charge in [0.05, 0.1) is 18.8 Å². The van der Waals surface area contributed by atoms with E-state index in [0.717, 1.165) is 44.9 Å². The first-order valence-corrected chi connectivity index (χ1v) is 19.2. The molecule has 0 aliphatic carbocycles. The second kappa shape index (κ2) is 31.7. The molecule has 0 bridgehead atoms. The molecule has 46 heavy (non-hydrogen) atoms. The normalized spacial score (nSPS) is 16.9. The second-order valence-corrected chi connectivity index (χ2v) is 13.0. The summed E-state index contributed by atoms with van der Waals surface area (Å²) in [5.74, 6) is -0.660. The van der Waals surface area contributed by atoms with Crippen molar-refractivity contribution in [3.8, 4) is 0 Å². The van der Waals surface area contributed by atoms with E-state index < -0.39 is 6.10 Å². The summed E-state index contributed by atoms with van der Waals surface area (Å²) < 4.78 is 16.3. The molecule has 6 nitrogen and oxygen atoms in total. The SMILES string of the molecule is CCCCC/C=C\CC1OC1C/C=C\C/C=C\CCCC(=O)O[C@@H](CO)COC(=O)CCCCCCCCCCCCCCCC. The van der Waals surface area contributed by atoms with Crippen molar-refractivity contribution in [3.05, 3.63) is 36.5 Å². The molecule has 1 aliphatic heterocycles. The maximum absolute atomic E-state index is 12.1. The van der Waals surface area contributed by atoms with Crippen LogP contribution in [0, 0.1) is 0 Å². The molecule has 3 atom stereocenters. The lowest BCUT2D eigenvalue weighted by atomic mass is 10.0. The maximum atomic E-state index is 12.1. The number of carbonyl (C=O) groups is 2. The Bertz CT molecular complexity index is 804. The summed E-state index contributed by atoms with van der Waals surface area (Å²) in [7, 11) is 0. The van der Waals surface area contributed by atoms with E-state index in [1.54, 1.807) is 0 Å². The van der Waals surface area contributed by atoms with Crippen LogP contribution in [0.15, 0.2) is 36.5 Å². The molecule has 6 heteroatoms. The van der Waals surface area contributed by atoms with Gasteiger partial charge < -0.3 is 19.3 Å². The number of epoxide rings is 1. The summed E-state index contributed by atoms with van der Waals surface area (Å²) in [5.41, 5.74) is 0. The highest BCUT2D eigenvalue weighted by atomic mass is 16.6. The lowest BCUT2D eigenvalue weighted by Gasteiger charge is -2.15. The van der Waals surface area contributed by atoms with Crippen molar-refractivity contribution in [2.24, 2.45) is 0 Å². The van der Waals surface area contributed by atoms with Crippen molar-refractivity contribution >= 4 is 11.9 Å². The van der Waals surface area contributed by atoms with Crippen LogP contribution in [0.5, 0.6) is 0 Å². The van der Waals surface area contributed by atoms with Crippen LogP contribution in [0.2, 0.25) is 0 Å². The van der Waals surface area contributed by atoms with Gasteiger partial charge in [-0.3, -0.25) is 9.59 Å². The number of hydrogen-bond donors (Lipinski definition) is 1. The van der Waals surface area contributed by atoms with Gasteiger partial charge in [0.25, 0.3) is 0 Å². The number of carbonyl (C=O) groups excluding carboxylic acids is 2. The Morgan fingerprint density at radius 1 is 0.609 bits per heavy atom. The molecule has 0 amide bonds. The van der Waals surface area contributed by atoms with Crippen LogP contribution in [0.1, 0.15) is 174 Å². The molecule has 1 N–H and O–H groups in total. The number of hydrogen-bond acceptors (Lipinski definition) is 6. The predicted octanol–water partition coefficient (Wildman–Crippen LogP) is 10.7. The zero-order valence-electron chi connectivity index (χ0n) is 29.8. The Labute approximate surface area is 282 Å². The first-order valence-electron chi connectivity index (χ1n) is 19.2. The first kappa shape index (κ1) is 42.1. The molecule has 1 rings (SSSR count). The van der Waals surface area contributed by atoms with E-state index in [0.29, 0.717) is 25.0 Å². The van der Waals surface area contributed by atoms with E-state index in [1.807, 2.05) is 0 Å². The molecule has 1 aliphatic rings. The van der Waals surface area contributed by atoms with Crippen LogP contribution in [0.25, 0.3) is 0 Å². The summed E-state index contributed by atoms with van der Waals surface area (Å²) >= 11 is 0. The molecule has 0 aromatic rings. The Morgan fingerprint density at radius 3 is 1.70 bits per heavy atom. The fourth-order valence-electron chi connectivity index (χ4n) is 5.53. The van der Waals surface area contributed by atoms with E-state index in [1.165, 1.54) is 96.3 Å². The molecule has 1 heterocycles. The molecule has 0 aromatic carbocycles. The third-order valence-electron chi connectivity index (χ3n) is 8.59. The summed E-state index contributed by atoms with van der Waals surface area (Å²) in [5, 5.41) is 9.54. The van der Waals surface area contributed by atoms with Gasteiger partial charge in [-0.25, -0.2) is 0 Å². The van der Waals surface area contributed by atoms with E-state index in [9.17, 15) is 14.7 Å². The van der Waals surface area contributed by atoms with Crippen LogP contribution in [0.3, 0.4) is 0 Å². The van der Waals surface area contributed by atoms with Gasteiger partial charge in [0.1, 0.15) is 6.61 Å². The number of unbranched alkanes of at least 4 members (excludes halogenated alkanes) is 17. The fourth-order valence-corrected chi connectivity index (χ4v) is 5.53. The van der Waals surface area contributed by atoms with Crippen molar-refractivity contribution < 1.29 is 28.9 Å². The Morgan fingerprint density at radius 2 is 1.09 bits per heavy atom. The quantitative estimate of drug-likeness (QED) is 0.0330. The topological polar surface area (TPSA) is 85.4 Å². The van der Waals surface area contributed by atoms with Gasteiger partial charge in [0.2, 0.25) is 0 Å². The monoisotopic (exact) mass is 647 g/mol. The highest BCUT2D eigenvalue weighted by Crippen LogP contribution is 2.29. The van der Waals surface area contributed by atoms with Crippen LogP contribution in [0.4, 0.5) is 0 Å². The zero-order valence-corrected chi connectivity index (χ0v) is 29.8. The van der Waals surface area contributed by atoms with Gasteiger partial charge in [0.15, 0.2) is 6.10 Å². The van der Waals surface area contributed by atoms with E-state index in [2.05, 4.69) is 50.3 Å². The lowest BCUT2D eigenvalue weighted by Crippen LogP contribution is -2.28. The van der Waals surface area contributed by atoms with Crippen molar-refractivity contribution in [2.45, 2.75) is 193 Å². The summed E-state index contributed by atoms with van der Waals surface area (Å²) in [6.45, 7) is 4.05. The van der Waals surface area contributed by atoms with Crippen LogP contribution in [-0.4, -0.2) is 48.6 Å². The molecule has 0 saturated carbocycles. The fraction of sp³-hybridized carbons (Fsp3) is 0.800. The van der Waals surface area contributed by atoms with Crippen LogP contribution < -0.4 is 0 Å². The first-order chi connectivity index (χ1) is 22.6. The number of rotatable bonds is 33. The molecule has 266 valence electrons. The molecule has 0 radical (unpaired) electrons. The van der Waals surface area contributed by atoms with Crippen molar-refractivity contribution in [1.29, 1.82) is 0 Å². The molecule has 1 fully saturated rings. The largest absolute Gasteiger partial charge is 0.462 e. The number of ether oxygens (including phenoxy) is 3. The third-order valence-corrected chi connectivity index (χ3v) is 8.59. The highest BCUT2D eigenvalue weighted by Gasteiger charge is 2.35. The van der Waals surface area contributed by atoms with E-state index >= 15 is 0 Å². The standard InChI is InChI=1S/C40H70O6/c1-3-5-7-9-11-12-13-14-15-16-17-20-24-28-32-39(42)44-35-36(34-41)45-40(43)33-29-25-21-18-19-23-27-31-38-37(46-38)30-26-22-10-8-6-4-2/h18,21-23,26-27,36-38,41H,3-17,19-20,24-25,28-35H2,1-2H3/b21-18-,26-22-,27-23-/t36-,37?,38?/m0/s1. The number of esters is 2. The second-order valence-electron chi connectivity index (χ2n) is 13.0. The Kier molecular flexibility index (Phi) is 29.0. The molecule has 0 aromatic heterocycles. The number of allylic oxidation sites excluding steroid dienone is 4. The molecular formula is C40H70O6. The maximum Gasteiger partial charge on any atom is 0.306 e.